The molecule has 36 heavy (non-hydrogen) atoms. The van der Waals surface area contributed by atoms with Crippen molar-refractivity contribution in [2.45, 2.75) is 0 Å². The molecule has 12 heteroatoms. The van der Waals surface area contributed by atoms with Crippen LogP contribution in [-0.2, 0) is 0 Å². The van der Waals surface area contributed by atoms with Crippen LogP contribution in [0.5, 0.6) is 34.5 Å². The fraction of sp³-hybridized carbons (Fsp3) is 0. The summed E-state index contributed by atoms with van der Waals surface area (Å²) in [4.78, 5) is 0. The highest BCUT2D eigenvalue weighted by atomic mass is 19.2. The van der Waals surface area contributed by atoms with Gasteiger partial charge in [0.05, 0.1) is 11.1 Å². The molecule has 4 aromatic carbocycles. The number of hydrogen-bond acceptors (Lipinski definition) is 4. The smallest absolute Gasteiger partial charge is 0.205 e. The van der Waals surface area contributed by atoms with E-state index >= 15 is 0 Å². The van der Waals surface area contributed by atoms with Crippen LogP contribution < -0.4 is 19.7 Å². The van der Waals surface area contributed by atoms with Crippen molar-refractivity contribution < 1.29 is 54.8 Å². The van der Waals surface area contributed by atoms with Crippen molar-refractivity contribution in [2.24, 2.45) is 0 Å². The van der Waals surface area contributed by atoms with Crippen molar-refractivity contribution in [2.75, 3.05) is 0 Å². The van der Waals surface area contributed by atoms with Gasteiger partial charge in [-0.1, -0.05) is 47.9 Å². The predicted octanol–water partition coefficient (Wildman–Crippen LogP) is 6.20. The maximum atomic E-state index is 14.7. The number of halogens is 8. The maximum Gasteiger partial charge on any atom is 0.205 e. The molecule has 4 aromatic rings. The van der Waals surface area contributed by atoms with Crippen LogP contribution in [0.15, 0.2) is 48.5 Å². The van der Waals surface area contributed by atoms with Gasteiger partial charge in [-0.25, -0.2) is 17.6 Å². The Hall–Kier alpha value is -4.48. The minimum atomic E-state index is -2.48. The highest BCUT2D eigenvalue weighted by molar-refractivity contribution is 5.69. The Bertz CT molecular complexity index is 1340. The van der Waals surface area contributed by atoms with E-state index in [0.717, 1.165) is 24.3 Å². The van der Waals surface area contributed by atoms with Gasteiger partial charge in [0, 0.05) is 0 Å². The molecule has 0 unspecified atom stereocenters. The van der Waals surface area contributed by atoms with Crippen LogP contribution in [0, 0.1) is 46.5 Å². The number of ether oxygens (including phenoxy) is 2. The minimum Gasteiger partial charge on any atom is -0.870 e. The first kappa shape index (κ1) is 24.6. The lowest BCUT2D eigenvalue weighted by Gasteiger charge is -2.18. The summed E-state index contributed by atoms with van der Waals surface area (Å²) in [7, 11) is 0. The predicted molar refractivity (Wildman–Crippen MR) is 103 cm³/mol. The third-order valence-electron chi connectivity index (χ3n) is 4.82. The second-order valence-corrected chi connectivity index (χ2v) is 7.02. The lowest BCUT2D eigenvalue weighted by molar-refractivity contribution is -0.270. The third kappa shape index (κ3) is 4.00. The molecule has 4 rings (SSSR count). The van der Waals surface area contributed by atoms with E-state index in [-0.39, 0.29) is 0 Å². The van der Waals surface area contributed by atoms with Crippen LogP contribution >= 0.6 is 0 Å². The first-order valence-electron chi connectivity index (χ1n) is 9.64. The topological polar surface area (TPSA) is 64.6 Å². The van der Waals surface area contributed by atoms with Crippen molar-refractivity contribution in [3.05, 3.63) is 95.1 Å². The fourth-order valence-electron chi connectivity index (χ4n) is 3.13. The summed E-state index contributed by atoms with van der Waals surface area (Å²) >= 11 is 0. The lowest BCUT2D eigenvalue weighted by atomic mass is 10.0. The zero-order chi connectivity index (χ0) is 26.3. The molecule has 0 aromatic heterocycles. The Labute approximate surface area is 196 Å². The normalized spacial score (nSPS) is 11.0. The van der Waals surface area contributed by atoms with Crippen molar-refractivity contribution in [1.29, 1.82) is 0 Å². The van der Waals surface area contributed by atoms with Gasteiger partial charge < -0.3 is 19.7 Å². The Morgan fingerprint density at radius 1 is 0.417 bits per heavy atom. The SMILES string of the molecule is [O-]c1ccccc1Oc1c(F)c(F)c(-c2c(F)c(F)c(Oc3ccccc3[O-])c(F)c2F)c(F)c1F. The van der Waals surface area contributed by atoms with Gasteiger partial charge in [-0.05, 0) is 12.1 Å². The van der Waals surface area contributed by atoms with E-state index in [1.807, 2.05) is 0 Å². The molecule has 0 heterocycles. The van der Waals surface area contributed by atoms with Gasteiger partial charge in [-0.2, -0.15) is 17.6 Å². The molecule has 4 nitrogen and oxygen atoms in total. The summed E-state index contributed by atoms with van der Waals surface area (Å²) in [5.74, 6) is -26.3. The van der Waals surface area contributed by atoms with E-state index in [9.17, 15) is 45.3 Å². The molecule has 0 saturated heterocycles. The summed E-state index contributed by atoms with van der Waals surface area (Å²) in [5, 5.41) is 23.4. The van der Waals surface area contributed by atoms with E-state index in [1.54, 1.807) is 0 Å². The third-order valence-corrected chi connectivity index (χ3v) is 4.82. The van der Waals surface area contributed by atoms with E-state index in [2.05, 4.69) is 9.47 Å². The largest absolute Gasteiger partial charge is 0.870 e. The number of rotatable bonds is 5. The van der Waals surface area contributed by atoms with Gasteiger partial charge in [0.1, 0.15) is 11.5 Å². The molecule has 0 spiro atoms. The monoisotopic (exact) mass is 512 g/mol. The van der Waals surface area contributed by atoms with Crippen LogP contribution in [0.1, 0.15) is 0 Å². The van der Waals surface area contributed by atoms with Crippen LogP contribution in [0.3, 0.4) is 0 Å². The van der Waals surface area contributed by atoms with Crippen molar-refractivity contribution in [3.63, 3.8) is 0 Å². The molecular weight excluding hydrogens is 504 g/mol. The second-order valence-electron chi connectivity index (χ2n) is 7.02. The molecule has 0 radical (unpaired) electrons. The molecule has 0 amide bonds. The van der Waals surface area contributed by atoms with Gasteiger partial charge in [0.15, 0.2) is 23.3 Å². The van der Waals surface area contributed by atoms with Crippen molar-refractivity contribution in [3.8, 4) is 45.6 Å². The first-order valence-corrected chi connectivity index (χ1v) is 9.64. The molecule has 0 aliphatic heterocycles. The molecule has 0 aliphatic carbocycles. The van der Waals surface area contributed by atoms with Crippen LogP contribution in [0.25, 0.3) is 11.1 Å². The first-order chi connectivity index (χ1) is 17.0. The Balaban J connectivity index is 1.89. The van der Waals surface area contributed by atoms with Gasteiger partial charge in [0.2, 0.25) is 34.8 Å². The van der Waals surface area contributed by atoms with Gasteiger partial charge >= 0.3 is 0 Å². The van der Waals surface area contributed by atoms with Crippen molar-refractivity contribution in [1.82, 2.24) is 0 Å². The van der Waals surface area contributed by atoms with Gasteiger partial charge in [-0.3, -0.25) is 0 Å². The zero-order valence-electron chi connectivity index (χ0n) is 17.3. The molecule has 0 bridgehead atoms. The molecule has 0 aliphatic rings. The van der Waals surface area contributed by atoms with Crippen LogP contribution in [0.4, 0.5) is 35.1 Å². The molecule has 0 N–H and O–H groups in total. The molecular formula is C24H8F8O4-2. The Morgan fingerprint density at radius 3 is 0.972 bits per heavy atom. The number of benzene rings is 4. The highest BCUT2D eigenvalue weighted by Gasteiger charge is 2.35. The average Bonchev–Trinajstić information content (AvgIpc) is 2.86. The van der Waals surface area contributed by atoms with Gasteiger partial charge in [0.25, 0.3) is 0 Å². The lowest BCUT2D eigenvalue weighted by Crippen LogP contribution is -2.09. The maximum absolute atomic E-state index is 14.7. The summed E-state index contributed by atoms with van der Waals surface area (Å²) in [6.07, 6.45) is 0. The van der Waals surface area contributed by atoms with E-state index in [1.165, 1.54) is 24.3 Å². The van der Waals surface area contributed by atoms with Crippen LogP contribution in [0.2, 0.25) is 0 Å². The Kier molecular flexibility index (Phi) is 6.35. The van der Waals surface area contributed by atoms with E-state index < -0.39 is 92.2 Å². The quantitative estimate of drug-likeness (QED) is 0.236. The fourth-order valence-corrected chi connectivity index (χ4v) is 3.13. The average molecular weight is 512 g/mol. The molecule has 186 valence electrons. The summed E-state index contributed by atoms with van der Waals surface area (Å²) < 4.78 is 126. The van der Waals surface area contributed by atoms with Crippen molar-refractivity contribution >= 4 is 0 Å². The van der Waals surface area contributed by atoms with Gasteiger partial charge in [-0.15, -0.1) is 0 Å². The highest BCUT2D eigenvalue weighted by Crippen LogP contribution is 2.44. The molecule has 0 fully saturated rings. The number of hydrogen-bond donors (Lipinski definition) is 0. The standard InChI is InChI=1S/C24H10F8O4/c25-15-13(16(26)20(30)23(19(15)29)35-11-7-3-1-5-9(11)33)14-17(27)21(31)24(22(32)18(14)28)36-12-8-4-2-6-10(12)34/h1-8,33-34H/p-2. The Morgan fingerprint density at radius 2 is 0.694 bits per heavy atom. The number of para-hydroxylation sites is 4. The van der Waals surface area contributed by atoms with Crippen LogP contribution in [-0.4, -0.2) is 0 Å². The molecule has 0 atom stereocenters. The zero-order valence-corrected chi connectivity index (χ0v) is 17.3. The minimum absolute atomic E-state index is 0.753. The van der Waals surface area contributed by atoms with E-state index in [0.29, 0.717) is 0 Å². The second kappa shape index (κ2) is 9.29. The summed E-state index contributed by atoms with van der Waals surface area (Å²) in [6, 6.07) is 8.46. The summed E-state index contributed by atoms with van der Waals surface area (Å²) in [6.45, 7) is 0. The summed E-state index contributed by atoms with van der Waals surface area (Å²) in [5.41, 5.74) is -4.28. The molecule has 0 saturated carbocycles. The van der Waals surface area contributed by atoms with E-state index in [4.69, 9.17) is 0 Å².